The Bertz CT molecular complexity index is 262. The summed E-state index contributed by atoms with van der Waals surface area (Å²) < 4.78 is 0. The van der Waals surface area contributed by atoms with E-state index in [-0.39, 0.29) is 0 Å². The lowest BCUT2D eigenvalue weighted by Crippen LogP contribution is -1.68. The topological polar surface area (TPSA) is 0 Å². The zero-order valence-corrected chi connectivity index (χ0v) is 8.52. The molecule has 1 radical (unpaired) electrons. The monoisotopic (exact) mass is 185 g/mol. The molecule has 0 heteroatoms. The van der Waals surface area contributed by atoms with Gasteiger partial charge in [0, 0.05) is 0 Å². The highest BCUT2D eigenvalue weighted by Crippen LogP contribution is 1.99. The van der Waals surface area contributed by atoms with Crippen LogP contribution in [0.2, 0.25) is 0 Å². The van der Waals surface area contributed by atoms with Gasteiger partial charge in [-0.05, 0) is 31.8 Å². The molecule has 0 aromatic rings. The summed E-state index contributed by atoms with van der Waals surface area (Å²) in [5.74, 6) is 0. The molecule has 14 heavy (non-hydrogen) atoms. The molecule has 0 amide bonds. The molecule has 0 aliphatic heterocycles. The van der Waals surface area contributed by atoms with Gasteiger partial charge in [-0.15, -0.1) is 0 Å². The van der Waals surface area contributed by atoms with Crippen LogP contribution in [-0.4, -0.2) is 0 Å². The summed E-state index contributed by atoms with van der Waals surface area (Å²) in [5.41, 5.74) is 0. The Morgan fingerprint density at radius 1 is 0.714 bits per heavy atom. The van der Waals surface area contributed by atoms with E-state index in [1.165, 1.54) is 6.42 Å². The molecule has 1 aliphatic carbocycles. The summed E-state index contributed by atoms with van der Waals surface area (Å²) in [4.78, 5) is 0. The number of hydrogen-bond donors (Lipinski definition) is 0. The van der Waals surface area contributed by atoms with Gasteiger partial charge >= 0.3 is 0 Å². The minimum absolute atomic E-state index is 0.887. The van der Waals surface area contributed by atoms with Gasteiger partial charge < -0.3 is 0 Å². The van der Waals surface area contributed by atoms with Gasteiger partial charge in [0.1, 0.15) is 0 Å². The van der Waals surface area contributed by atoms with Crippen molar-refractivity contribution in [1.29, 1.82) is 0 Å². The Hall–Kier alpha value is -1.30. The third kappa shape index (κ3) is 6.24. The fraction of sp³-hybridized carbons (Fsp3) is 0.286. The first kappa shape index (κ1) is 10.8. The fourth-order valence-electron chi connectivity index (χ4n) is 1.17. The summed E-state index contributed by atoms with van der Waals surface area (Å²) in [6.45, 7) is 0. The van der Waals surface area contributed by atoms with E-state index in [1.807, 2.05) is 12.2 Å². The van der Waals surface area contributed by atoms with Gasteiger partial charge in [0.2, 0.25) is 0 Å². The molecular weight excluding hydrogens is 168 g/mol. The molecule has 0 spiro atoms. The highest BCUT2D eigenvalue weighted by Gasteiger charge is 1.79. The van der Waals surface area contributed by atoms with Crippen molar-refractivity contribution >= 4 is 0 Å². The fourth-order valence-corrected chi connectivity index (χ4v) is 1.17. The molecule has 0 unspecified atom stereocenters. The van der Waals surface area contributed by atoms with Crippen molar-refractivity contribution in [3.05, 3.63) is 60.8 Å². The first-order valence-corrected chi connectivity index (χ1v) is 5.20. The van der Waals surface area contributed by atoms with E-state index in [1.54, 1.807) is 0 Å². The quantitative estimate of drug-likeness (QED) is 0.532. The van der Waals surface area contributed by atoms with Gasteiger partial charge in [0.05, 0.1) is 0 Å². The molecule has 73 valence electrons. The average molecular weight is 185 g/mol. The maximum atomic E-state index is 3.17. The molecule has 1 rings (SSSR count). The molecule has 0 N–H and O–H groups in total. The van der Waals surface area contributed by atoms with E-state index >= 15 is 0 Å². The Balaban J connectivity index is 2.45. The van der Waals surface area contributed by atoms with Crippen LogP contribution in [0.1, 0.15) is 25.7 Å². The lowest BCUT2D eigenvalue weighted by Gasteiger charge is -1.88. The Kier molecular flexibility index (Phi) is 6.39. The van der Waals surface area contributed by atoms with Crippen molar-refractivity contribution in [2.24, 2.45) is 0 Å². The third-order valence-corrected chi connectivity index (χ3v) is 1.93. The Labute approximate surface area is 87.0 Å². The van der Waals surface area contributed by atoms with Gasteiger partial charge in [-0.1, -0.05) is 54.7 Å². The second-order valence-electron chi connectivity index (χ2n) is 3.18. The van der Waals surface area contributed by atoms with E-state index < -0.39 is 0 Å². The van der Waals surface area contributed by atoms with Crippen molar-refractivity contribution in [2.45, 2.75) is 25.7 Å². The average Bonchev–Trinajstić information content (AvgIpc) is 2.22. The summed E-state index contributed by atoms with van der Waals surface area (Å²) in [6.07, 6.45) is 26.5. The second kappa shape index (κ2) is 8.31. The number of hydrogen-bond acceptors (Lipinski definition) is 0. The molecule has 0 aromatic carbocycles. The molecule has 0 heterocycles. The maximum absolute atomic E-state index is 3.17. The molecule has 0 bridgehead atoms. The van der Waals surface area contributed by atoms with Gasteiger partial charge in [0.15, 0.2) is 0 Å². The third-order valence-electron chi connectivity index (χ3n) is 1.93. The van der Waals surface area contributed by atoms with E-state index in [0.29, 0.717) is 0 Å². The van der Waals surface area contributed by atoms with E-state index in [2.05, 4.69) is 48.6 Å². The van der Waals surface area contributed by atoms with Gasteiger partial charge in [-0.2, -0.15) is 0 Å². The van der Waals surface area contributed by atoms with Crippen molar-refractivity contribution in [3.63, 3.8) is 0 Å². The Morgan fingerprint density at radius 2 is 1.43 bits per heavy atom. The first-order chi connectivity index (χ1) is 7.00. The summed E-state index contributed by atoms with van der Waals surface area (Å²) in [7, 11) is 0. The first-order valence-electron chi connectivity index (χ1n) is 5.20. The van der Waals surface area contributed by atoms with E-state index in [9.17, 15) is 0 Å². The standard InChI is InChI=1S/C14H17/c1-2-4-6-8-10-12-14-13-11-9-7-5-3-1/h1-5,11-14H,6,8-10H2/b3-1-,4-2+,7-5?,13-11+,14-12-. The van der Waals surface area contributed by atoms with Crippen LogP contribution in [-0.2, 0) is 0 Å². The zero-order chi connectivity index (χ0) is 9.90. The van der Waals surface area contributed by atoms with E-state index in [4.69, 9.17) is 0 Å². The smallest absolute Gasteiger partial charge is 0.00915 e. The second-order valence-corrected chi connectivity index (χ2v) is 3.18. The summed E-state index contributed by atoms with van der Waals surface area (Å²) in [5, 5.41) is 0. The van der Waals surface area contributed by atoms with Crippen LogP contribution in [0.5, 0.6) is 0 Å². The molecule has 0 nitrogen and oxygen atoms in total. The van der Waals surface area contributed by atoms with Crippen LogP contribution in [0, 0.1) is 6.08 Å². The van der Waals surface area contributed by atoms with Crippen LogP contribution < -0.4 is 0 Å². The largest absolute Gasteiger partial charge is 0.0845 e. The highest BCUT2D eigenvalue weighted by atomic mass is 13.9. The highest BCUT2D eigenvalue weighted by molar-refractivity contribution is 5.11. The SMILES string of the molecule is [C]1=C/C=C\C=C\CCC/C=C\C=C\C/1. The molecule has 0 aromatic heterocycles. The maximum Gasteiger partial charge on any atom is -0.00915 e. The van der Waals surface area contributed by atoms with Crippen LogP contribution in [0.25, 0.3) is 0 Å². The normalized spacial score (nSPS) is 29.7. The molecule has 1 aliphatic rings. The van der Waals surface area contributed by atoms with Crippen LogP contribution >= 0.6 is 0 Å². The van der Waals surface area contributed by atoms with Crippen molar-refractivity contribution in [1.82, 2.24) is 0 Å². The van der Waals surface area contributed by atoms with Crippen LogP contribution in [0.15, 0.2) is 54.7 Å². The summed E-state index contributed by atoms with van der Waals surface area (Å²) in [6, 6.07) is 0. The molecule has 0 atom stereocenters. The minimum Gasteiger partial charge on any atom is -0.0845 e. The van der Waals surface area contributed by atoms with Crippen molar-refractivity contribution in [2.75, 3.05) is 0 Å². The Morgan fingerprint density at radius 3 is 2.29 bits per heavy atom. The lowest BCUT2D eigenvalue weighted by atomic mass is 10.2. The van der Waals surface area contributed by atoms with Gasteiger partial charge in [-0.25, -0.2) is 0 Å². The predicted octanol–water partition coefficient (Wildman–Crippen LogP) is 4.14. The van der Waals surface area contributed by atoms with Crippen molar-refractivity contribution < 1.29 is 0 Å². The molecule has 0 saturated heterocycles. The van der Waals surface area contributed by atoms with Crippen LogP contribution in [0.3, 0.4) is 0 Å². The molecule has 0 saturated carbocycles. The predicted molar refractivity (Wildman–Crippen MR) is 62.8 cm³/mol. The minimum atomic E-state index is 0.887. The van der Waals surface area contributed by atoms with Crippen molar-refractivity contribution in [3.8, 4) is 0 Å². The van der Waals surface area contributed by atoms with Crippen LogP contribution in [0.4, 0.5) is 0 Å². The lowest BCUT2D eigenvalue weighted by molar-refractivity contribution is 0.868. The van der Waals surface area contributed by atoms with E-state index in [0.717, 1.165) is 19.3 Å². The number of allylic oxidation sites excluding steroid dienone is 10. The van der Waals surface area contributed by atoms with Gasteiger partial charge in [-0.3, -0.25) is 0 Å². The molecular formula is C14H17. The summed E-state index contributed by atoms with van der Waals surface area (Å²) >= 11 is 0. The number of rotatable bonds is 0. The molecule has 0 fully saturated rings. The zero-order valence-electron chi connectivity index (χ0n) is 8.52. The van der Waals surface area contributed by atoms with Gasteiger partial charge in [0.25, 0.3) is 0 Å².